The van der Waals surface area contributed by atoms with Crippen LogP contribution in [0.4, 0.5) is 0 Å². The zero-order valence-corrected chi connectivity index (χ0v) is 44.6. The number of rotatable bonds is 51. The van der Waals surface area contributed by atoms with Crippen molar-refractivity contribution in [2.75, 3.05) is 19.8 Å². The number of allylic oxidation sites excluding steroid dienone is 18. The number of ether oxygens (including phenoxy) is 3. The van der Waals surface area contributed by atoms with E-state index < -0.39 is 6.10 Å². The largest absolute Gasteiger partial charge is 0.462 e. The van der Waals surface area contributed by atoms with Gasteiger partial charge in [0.15, 0.2) is 6.10 Å². The highest BCUT2D eigenvalue weighted by Gasteiger charge is 2.17. The molecule has 388 valence electrons. The highest BCUT2D eigenvalue weighted by molar-refractivity contribution is 5.70. The second-order valence-corrected chi connectivity index (χ2v) is 18.4. The summed E-state index contributed by atoms with van der Waals surface area (Å²) in [6.45, 7) is 7.55. The highest BCUT2D eigenvalue weighted by Crippen LogP contribution is 2.14. The Labute approximate surface area is 421 Å². The summed E-state index contributed by atoms with van der Waals surface area (Å²) in [6, 6.07) is 0. The predicted molar refractivity (Wildman–Crippen MR) is 297 cm³/mol. The Hall–Kier alpha value is -3.44. The average molecular weight is 944 g/mol. The van der Waals surface area contributed by atoms with E-state index in [1.54, 1.807) is 0 Å². The summed E-state index contributed by atoms with van der Waals surface area (Å²) in [5.74, 6) is -0.456. The first-order chi connectivity index (χ1) is 33.6. The third-order valence-electron chi connectivity index (χ3n) is 11.8. The second-order valence-electron chi connectivity index (χ2n) is 18.4. The van der Waals surface area contributed by atoms with Crippen molar-refractivity contribution in [2.45, 2.75) is 258 Å². The van der Waals surface area contributed by atoms with E-state index in [2.05, 4.69) is 130 Å². The maximum atomic E-state index is 12.8. The Balaban J connectivity index is 4.37. The monoisotopic (exact) mass is 943 g/mol. The van der Waals surface area contributed by atoms with E-state index in [1.807, 2.05) is 0 Å². The lowest BCUT2D eigenvalue weighted by molar-refractivity contribution is -0.163. The molecule has 0 aromatic rings. The van der Waals surface area contributed by atoms with Crippen LogP contribution in [0, 0.1) is 0 Å². The first-order valence-corrected chi connectivity index (χ1v) is 28.4. The quantitative estimate of drug-likeness (QED) is 0.0345. The molecule has 0 heterocycles. The molecular weight excluding hydrogens is 837 g/mol. The van der Waals surface area contributed by atoms with Gasteiger partial charge in [-0.05, 0) is 122 Å². The van der Waals surface area contributed by atoms with Gasteiger partial charge in [0.2, 0.25) is 0 Å². The molecule has 0 amide bonds. The van der Waals surface area contributed by atoms with Crippen LogP contribution in [-0.4, -0.2) is 37.9 Å². The Kier molecular flexibility index (Phi) is 54.9. The normalized spacial score (nSPS) is 13.0. The van der Waals surface area contributed by atoms with Gasteiger partial charge in [-0.3, -0.25) is 9.59 Å². The van der Waals surface area contributed by atoms with Crippen molar-refractivity contribution in [2.24, 2.45) is 0 Å². The summed E-state index contributed by atoms with van der Waals surface area (Å²) < 4.78 is 17.4. The zero-order valence-electron chi connectivity index (χ0n) is 44.6. The van der Waals surface area contributed by atoms with E-state index in [9.17, 15) is 9.59 Å². The lowest BCUT2D eigenvalue weighted by Gasteiger charge is -2.18. The Morgan fingerprint density at radius 2 is 0.662 bits per heavy atom. The van der Waals surface area contributed by atoms with Gasteiger partial charge in [0, 0.05) is 19.4 Å². The summed E-state index contributed by atoms with van der Waals surface area (Å²) in [4.78, 5) is 25.5. The molecule has 1 atom stereocenters. The van der Waals surface area contributed by atoms with Gasteiger partial charge in [0.05, 0.1) is 6.61 Å². The maximum absolute atomic E-state index is 12.8. The molecule has 0 aliphatic carbocycles. The van der Waals surface area contributed by atoms with Crippen LogP contribution in [0.15, 0.2) is 109 Å². The summed E-state index contributed by atoms with van der Waals surface area (Å²) in [7, 11) is 0. The number of carbonyl (C=O) groups is 2. The minimum Gasteiger partial charge on any atom is -0.462 e. The smallest absolute Gasteiger partial charge is 0.306 e. The van der Waals surface area contributed by atoms with Crippen LogP contribution in [0.2, 0.25) is 0 Å². The third kappa shape index (κ3) is 55.2. The van der Waals surface area contributed by atoms with Crippen LogP contribution in [0.1, 0.15) is 252 Å². The standard InChI is InChI=1S/C63H106O5/c1-4-7-10-13-16-19-22-25-28-30-32-33-36-38-41-44-47-50-53-56-62(64)67-60-61(68-63(65)57-54-51-48-45-42-39-35-27-24-21-18-15-12-9-6-3)59-66-58-55-52-49-46-43-40-37-34-31-29-26-23-20-17-14-11-8-5-2/h7,9-10,12,16,18-19,21,25-29,32-33,35,38,41,61H,4-6,8,11,13-15,17,20,22-24,30-31,34,36-37,39-40,42-60H2,1-3H3/b10-7-,12-9-,19-16-,21-18-,28-25-,29-26-,33-32-,35-27-,41-38-. The van der Waals surface area contributed by atoms with Crippen LogP contribution in [0.3, 0.4) is 0 Å². The molecular formula is C63H106O5. The molecule has 0 bridgehead atoms. The Morgan fingerprint density at radius 1 is 0.338 bits per heavy atom. The molecule has 0 aromatic heterocycles. The van der Waals surface area contributed by atoms with Crippen molar-refractivity contribution in [3.8, 4) is 0 Å². The van der Waals surface area contributed by atoms with E-state index in [4.69, 9.17) is 14.2 Å². The Morgan fingerprint density at radius 3 is 1.09 bits per heavy atom. The van der Waals surface area contributed by atoms with Crippen molar-refractivity contribution in [1.29, 1.82) is 0 Å². The molecule has 0 saturated carbocycles. The number of carbonyl (C=O) groups excluding carboxylic acids is 2. The highest BCUT2D eigenvalue weighted by atomic mass is 16.6. The number of hydrogen-bond donors (Lipinski definition) is 0. The zero-order chi connectivity index (χ0) is 49.2. The molecule has 0 spiro atoms. The molecule has 1 unspecified atom stereocenters. The molecule has 5 nitrogen and oxygen atoms in total. The van der Waals surface area contributed by atoms with Gasteiger partial charge >= 0.3 is 11.9 Å². The van der Waals surface area contributed by atoms with E-state index in [0.717, 1.165) is 116 Å². The van der Waals surface area contributed by atoms with Crippen LogP contribution in [-0.2, 0) is 23.8 Å². The minimum absolute atomic E-state index is 0.0543. The molecule has 68 heavy (non-hydrogen) atoms. The Bertz CT molecular complexity index is 1340. The van der Waals surface area contributed by atoms with Gasteiger partial charge in [-0.1, -0.05) is 226 Å². The van der Waals surface area contributed by atoms with Gasteiger partial charge in [0.1, 0.15) is 6.61 Å². The molecule has 0 N–H and O–H groups in total. The fourth-order valence-corrected chi connectivity index (χ4v) is 7.60. The van der Waals surface area contributed by atoms with E-state index in [1.165, 1.54) is 103 Å². The van der Waals surface area contributed by atoms with Crippen LogP contribution in [0.5, 0.6) is 0 Å². The summed E-state index contributed by atoms with van der Waals surface area (Å²) in [5, 5.41) is 0. The van der Waals surface area contributed by atoms with E-state index in [-0.39, 0.29) is 25.2 Å². The van der Waals surface area contributed by atoms with Crippen LogP contribution < -0.4 is 0 Å². The first kappa shape index (κ1) is 64.6. The van der Waals surface area contributed by atoms with Crippen molar-refractivity contribution in [1.82, 2.24) is 0 Å². The molecule has 0 aliphatic rings. The third-order valence-corrected chi connectivity index (χ3v) is 11.8. The lowest BCUT2D eigenvalue weighted by atomic mass is 10.1. The summed E-state index contributed by atoms with van der Waals surface area (Å²) >= 11 is 0. The molecule has 0 radical (unpaired) electrons. The van der Waals surface area contributed by atoms with E-state index >= 15 is 0 Å². The SMILES string of the molecule is CC/C=C\C/C=C\C/C=C\C/C=C\C/C=C\CCCCCC(=O)OCC(COCCCCCCCCCC/C=C\CCCCCCCC)OC(=O)CCCCCCC/C=C\C/C=C\C/C=C\CC. The topological polar surface area (TPSA) is 61.8 Å². The van der Waals surface area contributed by atoms with Crippen molar-refractivity contribution < 1.29 is 23.8 Å². The minimum atomic E-state index is -0.568. The molecule has 0 rings (SSSR count). The first-order valence-electron chi connectivity index (χ1n) is 28.4. The fraction of sp³-hybridized carbons (Fsp3) is 0.683. The van der Waals surface area contributed by atoms with Gasteiger partial charge in [-0.15, -0.1) is 0 Å². The number of hydrogen-bond acceptors (Lipinski definition) is 5. The molecule has 5 heteroatoms. The average Bonchev–Trinajstić information content (AvgIpc) is 3.34. The van der Waals surface area contributed by atoms with Crippen molar-refractivity contribution in [3.05, 3.63) is 109 Å². The van der Waals surface area contributed by atoms with Gasteiger partial charge in [0.25, 0.3) is 0 Å². The van der Waals surface area contributed by atoms with Crippen molar-refractivity contribution in [3.63, 3.8) is 0 Å². The van der Waals surface area contributed by atoms with Crippen LogP contribution in [0.25, 0.3) is 0 Å². The van der Waals surface area contributed by atoms with Gasteiger partial charge in [-0.2, -0.15) is 0 Å². The predicted octanol–water partition coefficient (Wildman–Crippen LogP) is 19.6. The lowest BCUT2D eigenvalue weighted by Crippen LogP contribution is -2.30. The number of unbranched alkanes of at least 4 members (excludes halogenated alkanes) is 22. The molecule has 0 fully saturated rings. The molecule has 0 aromatic carbocycles. The van der Waals surface area contributed by atoms with Gasteiger partial charge in [-0.25, -0.2) is 0 Å². The van der Waals surface area contributed by atoms with Crippen LogP contribution >= 0.6 is 0 Å². The maximum Gasteiger partial charge on any atom is 0.306 e. The summed E-state index contributed by atoms with van der Waals surface area (Å²) in [6.07, 6.45) is 79.6. The van der Waals surface area contributed by atoms with Gasteiger partial charge < -0.3 is 14.2 Å². The second kappa shape index (κ2) is 57.9. The van der Waals surface area contributed by atoms with E-state index in [0.29, 0.717) is 19.4 Å². The molecule has 0 saturated heterocycles. The van der Waals surface area contributed by atoms with Crippen molar-refractivity contribution >= 4 is 11.9 Å². The fourth-order valence-electron chi connectivity index (χ4n) is 7.60. The number of esters is 2. The summed E-state index contributed by atoms with van der Waals surface area (Å²) in [5.41, 5.74) is 0. The molecule has 0 aliphatic heterocycles.